The minimum atomic E-state index is -0.996. The number of rotatable bonds is 7. The lowest BCUT2D eigenvalue weighted by molar-refractivity contribution is 0.132. The van der Waals surface area contributed by atoms with Crippen LogP contribution in [0.25, 0.3) is 0 Å². The molecular weight excluding hydrogens is 507 g/mol. The predicted octanol–water partition coefficient (Wildman–Crippen LogP) is 5.65. The van der Waals surface area contributed by atoms with Crippen LogP contribution < -0.4 is 10.6 Å². The van der Waals surface area contributed by atoms with E-state index >= 15 is 0 Å². The first-order valence-electron chi connectivity index (χ1n) is 13.8. The van der Waals surface area contributed by atoms with Crippen LogP contribution in [-0.4, -0.2) is 60.8 Å². The molecule has 1 saturated heterocycles. The van der Waals surface area contributed by atoms with Gasteiger partial charge in [0.2, 0.25) is 0 Å². The van der Waals surface area contributed by atoms with Gasteiger partial charge < -0.3 is 25.5 Å². The third kappa shape index (κ3) is 7.82. The number of benzene rings is 3. The second-order valence-corrected chi connectivity index (χ2v) is 10.7. The Morgan fingerprint density at radius 3 is 2.15 bits per heavy atom. The molecule has 3 N–H and O–H groups in total. The maximum absolute atomic E-state index is 12.5. The molecule has 0 bridgehead atoms. The van der Waals surface area contributed by atoms with Crippen LogP contribution in [0.2, 0.25) is 0 Å². The quantitative estimate of drug-likeness (QED) is 0.358. The highest BCUT2D eigenvalue weighted by atomic mass is 19.1. The molecule has 7 nitrogen and oxygen atoms in total. The Kier molecular flexibility index (Phi) is 9.77. The molecular formula is C32H39FN4O3. The van der Waals surface area contributed by atoms with Crippen molar-refractivity contribution < 1.29 is 19.1 Å². The summed E-state index contributed by atoms with van der Waals surface area (Å²) in [5, 5.41) is 14.5. The summed E-state index contributed by atoms with van der Waals surface area (Å²) >= 11 is 0. The van der Waals surface area contributed by atoms with Gasteiger partial charge in [-0.3, -0.25) is 0 Å². The van der Waals surface area contributed by atoms with Crippen molar-refractivity contribution in [3.63, 3.8) is 0 Å². The molecule has 0 radical (unpaired) electrons. The van der Waals surface area contributed by atoms with Gasteiger partial charge in [0.1, 0.15) is 5.82 Å². The molecule has 40 heavy (non-hydrogen) atoms. The Morgan fingerprint density at radius 2 is 1.57 bits per heavy atom. The largest absolute Gasteiger partial charge is 0.465 e. The summed E-state index contributed by atoms with van der Waals surface area (Å²) < 4.78 is 12.5. The zero-order valence-corrected chi connectivity index (χ0v) is 23.2. The minimum absolute atomic E-state index is 0.0985. The highest BCUT2D eigenvalue weighted by molar-refractivity contribution is 5.74. The Bertz CT molecular complexity index is 1230. The number of piperidine rings is 1. The molecule has 3 aromatic carbocycles. The average molecular weight is 547 g/mol. The van der Waals surface area contributed by atoms with Crippen molar-refractivity contribution in [3.8, 4) is 0 Å². The number of hydrogen-bond donors (Lipinski definition) is 3. The SMILES string of the molecule is CN(Cc1ccc(F)cc1)C(=O)O.CNC(=O)NC1(c2ccccc2)CCN(C[C@@H]2C[C@@H]2c2ccccc2)CC1. The first kappa shape index (κ1) is 29.1. The van der Waals surface area contributed by atoms with E-state index in [1.54, 1.807) is 19.2 Å². The third-order valence-corrected chi connectivity index (χ3v) is 7.92. The van der Waals surface area contributed by atoms with E-state index in [0.29, 0.717) is 0 Å². The highest BCUT2D eigenvalue weighted by Crippen LogP contribution is 2.48. The van der Waals surface area contributed by atoms with Crippen LogP contribution in [0.3, 0.4) is 0 Å². The van der Waals surface area contributed by atoms with Crippen LogP contribution in [0.4, 0.5) is 14.0 Å². The van der Waals surface area contributed by atoms with Crippen molar-refractivity contribution in [3.05, 3.63) is 107 Å². The molecule has 1 aliphatic carbocycles. The lowest BCUT2D eigenvalue weighted by atomic mass is 9.81. The van der Waals surface area contributed by atoms with E-state index in [-0.39, 0.29) is 23.9 Å². The van der Waals surface area contributed by atoms with Gasteiger partial charge in [0, 0.05) is 40.3 Å². The van der Waals surface area contributed by atoms with Crippen molar-refractivity contribution in [2.24, 2.45) is 5.92 Å². The molecule has 5 rings (SSSR count). The van der Waals surface area contributed by atoms with Gasteiger partial charge in [0.05, 0.1) is 5.54 Å². The maximum atomic E-state index is 12.5. The molecule has 212 valence electrons. The fraction of sp³-hybridized carbons (Fsp3) is 0.375. The molecule has 2 atom stereocenters. The van der Waals surface area contributed by atoms with Gasteiger partial charge in [0.25, 0.3) is 0 Å². The Hall–Kier alpha value is -3.91. The monoisotopic (exact) mass is 546 g/mol. The molecule has 3 amide bonds. The Morgan fingerprint density at radius 1 is 0.975 bits per heavy atom. The fourth-order valence-electron chi connectivity index (χ4n) is 5.46. The Balaban J connectivity index is 0.000000240. The second kappa shape index (κ2) is 13.4. The molecule has 3 aromatic rings. The van der Waals surface area contributed by atoms with Crippen LogP contribution in [-0.2, 0) is 12.1 Å². The Labute approximate surface area is 236 Å². The van der Waals surface area contributed by atoms with E-state index in [2.05, 4.69) is 70.1 Å². The van der Waals surface area contributed by atoms with Crippen LogP contribution in [0, 0.1) is 11.7 Å². The van der Waals surface area contributed by atoms with Crippen LogP contribution in [0.1, 0.15) is 41.9 Å². The normalized spacial score (nSPS) is 19.5. The zero-order valence-electron chi connectivity index (χ0n) is 23.2. The van der Waals surface area contributed by atoms with Crippen molar-refractivity contribution in [2.45, 2.75) is 37.3 Å². The van der Waals surface area contributed by atoms with E-state index in [1.165, 1.54) is 43.3 Å². The standard InChI is InChI=1S/C23H29N3O.C9H10FNO2/c1-24-22(27)25-23(20-10-6-3-7-11-20)12-14-26(15-13-23)17-19-16-21(19)18-8-4-2-5-9-18;1-11(9(12)13)6-7-2-4-8(10)5-3-7/h2-11,19,21H,12-17H2,1H3,(H2,24,25,27);2-5H,6H2,1H3,(H,12,13)/t19-,21+;/m0./s1. The summed E-state index contributed by atoms with van der Waals surface area (Å²) in [6.07, 6.45) is 2.21. The summed E-state index contributed by atoms with van der Waals surface area (Å²) in [5.74, 6) is 1.20. The van der Waals surface area contributed by atoms with Crippen molar-refractivity contribution in [2.75, 3.05) is 33.7 Å². The van der Waals surface area contributed by atoms with Crippen LogP contribution in [0.15, 0.2) is 84.9 Å². The van der Waals surface area contributed by atoms with Crippen LogP contribution >= 0.6 is 0 Å². The average Bonchev–Trinajstić information content (AvgIpc) is 3.75. The van der Waals surface area contributed by atoms with Gasteiger partial charge >= 0.3 is 12.1 Å². The van der Waals surface area contributed by atoms with Crippen molar-refractivity contribution >= 4 is 12.1 Å². The summed E-state index contributed by atoms with van der Waals surface area (Å²) in [6, 6.07) is 27.0. The zero-order chi connectivity index (χ0) is 28.5. The second-order valence-electron chi connectivity index (χ2n) is 10.7. The molecule has 0 unspecified atom stereocenters. The van der Waals surface area contributed by atoms with Gasteiger partial charge in [-0.05, 0) is 59.9 Å². The fourth-order valence-corrected chi connectivity index (χ4v) is 5.46. The number of likely N-dealkylation sites (tertiary alicyclic amines) is 1. The number of carbonyl (C=O) groups excluding carboxylic acids is 1. The maximum Gasteiger partial charge on any atom is 0.407 e. The molecule has 1 saturated carbocycles. The van der Waals surface area contributed by atoms with Gasteiger partial charge in [-0.1, -0.05) is 72.8 Å². The smallest absolute Gasteiger partial charge is 0.407 e. The topological polar surface area (TPSA) is 84.9 Å². The highest BCUT2D eigenvalue weighted by Gasteiger charge is 2.42. The summed E-state index contributed by atoms with van der Waals surface area (Å²) in [5.41, 5.74) is 3.20. The van der Waals surface area contributed by atoms with Crippen LogP contribution in [0.5, 0.6) is 0 Å². The number of hydrogen-bond acceptors (Lipinski definition) is 3. The first-order valence-corrected chi connectivity index (χ1v) is 13.8. The van der Waals surface area contributed by atoms with E-state index in [9.17, 15) is 14.0 Å². The molecule has 2 aliphatic rings. The molecule has 0 aromatic heterocycles. The first-order chi connectivity index (χ1) is 19.3. The predicted molar refractivity (Wildman–Crippen MR) is 155 cm³/mol. The summed E-state index contributed by atoms with van der Waals surface area (Å²) in [7, 11) is 3.14. The molecule has 1 aliphatic heterocycles. The molecule has 0 spiro atoms. The number of halogens is 1. The number of nitrogens with zero attached hydrogens (tertiary/aromatic N) is 2. The third-order valence-electron chi connectivity index (χ3n) is 7.92. The van der Waals surface area contributed by atoms with Gasteiger partial charge in [-0.2, -0.15) is 0 Å². The summed E-state index contributed by atoms with van der Waals surface area (Å²) in [4.78, 5) is 26.2. The number of carboxylic acid groups (broad SMARTS) is 1. The van der Waals surface area contributed by atoms with Crippen molar-refractivity contribution in [1.82, 2.24) is 20.4 Å². The van der Waals surface area contributed by atoms with E-state index in [4.69, 9.17) is 5.11 Å². The van der Waals surface area contributed by atoms with E-state index in [1.807, 2.05) is 6.07 Å². The minimum Gasteiger partial charge on any atom is -0.465 e. The lowest BCUT2D eigenvalue weighted by Gasteiger charge is -2.43. The molecule has 8 heteroatoms. The number of amides is 3. The van der Waals surface area contributed by atoms with E-state index < -0.39 is 6.09 Å². The lowest BCUT2D eigenvalue weighted by Crippen LogP contribution is -2.55. The molecule has 2 fully saturated rings. The van der Waals surface area contributed by atoms with E-state index in [0.717, 1.165) is 48.2 Å². The van der Waals surface area contributed by atoms with Gasteiger partial charge in [0.15, 0.2) is 0 Å². The van der Waals surface area contributed by atoms with Gasteiger partial charge in [-0.15, -0.1) is 0 Å². The number of nitrogens with one attached hydrogen (secondary N) is 2. The molecule has 1 heterocycles. The number of carbonyl (C=O) groups is 2. The van der Waals surface area contributed by atoms with Gasteiger partial charge in [-0.25, -0.2) is 14.0 Å². The van der Waals surface area contributed by atoms with Crippen molar-refractivity contribution in [1.29, 1.82) is 0 Å². The summed E-state index contributed by atoms with van der Waals surface area (Å²) in [6.45, 7) is 3.49. The number of urea groups is 1.